The quantitative estimate of drug-likeness (QED) is 0.619. The normalized spacial score (nSPS) is 29.3. The van der Waals surface area contributed by atoms with Crippen LogP contribution in [0.5, 0.6) is 0 Å². The van der Waals surface area contributed by atoms with Crippen LogP contribution in [0, 0.1) is 5.41 Å². The molecule has 1 unspecified atom stereocenters. The minimum Gasteiger partial charge on any atom is -0.465 e. The number of nitrogens with one attached hydrogen (secondary N) is 1. The highest BCUT2D eigenvalue weighted by Crippen LogP contribution is 2.40. The molecule has 2 aliphatic heterocycles. The second-order valence-electron chi connectivity index (χ2n) is 4.63. The van der Waals surface area contributed by atoms with Gasteiger partial charge in [0.05, 0.1) is 5.41 Å². The van der Waals surface area contributed by atoms with Gasteiger partial charge in [-0.25, -0.2) is 4.79 Å². The van der Waals surface area contributed by atoms with E-state index in [0.29, 0.717) is 25.9 Å². The second kappa shape index (κ2) is 3.40. The Morgan fingerprint density at radius 1 is 1.53 bits per heavy atom. The number of carbonyl (C=O) groups excluding carboxylic acids is 1. The number of amides is 2. The minimum atomic E-state index is -0.878. The molecule has 5 nitrogen and oxygen atoms in total. The van der Waals surface area contributed by atoms with Gasteiger partial charge in [-0.05, 0) is 26.2 Å². The maximum Gasteiger partial charge on any atom is 0.407 e. The molecule has 0 aromatic heterocycles. The molecule has 0 bridgehead atoms. The molecule has 15 heavy (non-hydrogen) atoms. The SMILES string of the molecule is CC1CC2(CCN(C(=O)O)CC2)C(=O)N1. The number of hydrogen-bond acceptors (Lipinski definition) is 2. The van der Waals surface area contributed by atoms with Crippen molar-refractivity contribution >= 4 is 12.0 Å². The first kappa shape index (κ1) is 10.3. The van der Waals surface area contributed by atoms with Crippen molar-refractivity contribution in [2.24, 2.45) is 5.41 Å². The van der Waals surface area contributed by atoms with Gasteiger partial charge >= 0.3 is 6.09 Å². The standard InChI is InChI=1S/C10H16N2O3/c1-7-6-10(8(13)11-7)2-4-12(5-3-10)9(14)15/h7H,2-6H2,1H3,(H,11,13)(H,14,15). The molecule has 0 aromatic rings. The second-order valence-corrected chi connectivity index (χ2v) is 4.63. The maximum atomic E-state index is 11.8. The van der Waals surface area contributed by atoms with Crippen molar-refractivity contribution in [2.75, 3.05) is 13.1 Å². The number of carboxylic acid groups (broad SMARTS) is 1. The molecule has 1 atom stereocenters. The number of likely N-dealkylation sites (tertiary alicyclic amines) is 1. The summed E-state index contributed by atoms with van der Waals surface area (Å²) < 4.78 is 0. The molecule has 5 heteroatoms. The van der Waals surface area contributed by atoms with E-state index in [1.165, 1.54) is 4.90 Å². The summed E-state index contributed by atoms with van der Waals surface area (Å²) in [4.78, 5) is 23.9. The smallest absolute Gasteiger partial charge is 0.407 e. The Balaban J connectivity index is 2.03. The van der Waals surface area contributed by atoms with Crippen molar-refractivity contribution in [1.82, 2.24) is 10.2 Å². The van der Waals surface area contributed by atoms with Crippen LogP contribution in [0.2, 0.25) is 0 Å². The van der Waals surface area contributed by atoms with Crippen LogP contribution < -0.4 is 5.32 Å². The first-order chi connectivity index (χ1) is 7.03. The van der Waals surface area contributed by atoms with Gasteiger partial charge in [0.2, 0.25) is 5.91 Å². The highest BCUT2D eigenvalue weighted by molar-refractivity contribution is 5.85. The van der Waals surface area contributed by atoms with E-state index in [4.69, 9.17) is 5.11 Å². The van der Waals surface area contributed by atoms with Gasteiger partial charge in [0, 0.05) is 19.1 Å². The van der Waals surface area contributed by atoms with E-state index in [2.05, 4.69) is 5.32 Å². The number of hydrogen-bond donors (Lipinski definition) is 2. The van der Waals surface area contributed by atoms with Crippen LogP contribution in [0.3, 0.4) is 0 Å². The predicted octanol–water partition coefficient (Wildman–Crippen LogP) is 0.655. The molecule has 0 aliphatic carbocycles. The van der Waals surface area contributed by atoms with Gasteiger partial charge < -0.3 is 15.3 Å². The Bertz CT molecular complexity index is 295. The Labute approximate surface area is 88.4 Å². The van der Waals surface area contributed by atoms with Gasteiger partial charge in [0.25, 0.3) is 0 Å². The van der Waals surface area contributed by atoms with Gasteiger partial charge in [0.15, 0.2) is 0 Å². The summed E-state index contributed by atoms with van der Waals surface area (Å²) >= 11 is 0. The van der Waals surface area contributed by atoms with E-state index in [0.717, 1.165) is 6.42 Å². The summed E-state index contributed by atoms with van der Waals surface area (Å²) in [5.41, 5.74) is -0.286. The third-order valence-electron chi connectivity index (χ3n) is 3.55. The molecule has 2 rings (SSSR count). The van der Waals surface area contributed by atoms with E-state index in [9.17, 15) is 9.59 Å². The lowest BCUT2D eigenvalue weighted by atomic mass is 9.76. The monoisotopic (exact) mass is 212 g/mol. The molecule has 2 fully saturated rings. The van der Waals surface area contributed by atoms with E-state index < -0.39 is 6.09 Å². The summed E-state index contributed by atoms with van der Waals surface area (Å²) in [7, 11) is 0. The van der Waals surface area contributed by atoms with Crippen molar-refractivity contribution in [1.29, 1.82) is 0 Å². The van der Waals surface area contributed by atoms with Crippen molar-refractivity contribution in [3.8, 4) is 0 Å². The van der Waals surface area contributed by atoms with Crippen molar-refractivity contribution in [3.63, 3.8) is 0 Å². The Hall–Kier alpha value is -1.26. The van der Waals surface area contributed by atoms with Gasteiger partial charge in [-0.2, -0.15) is 0 Å². The molecule has 2 N–H and O–H groups in total. The summed E-state index contributed by atoms with van der Waals surface area (Å²) in [6.45, 7) is 2.96. The maximum absolute atomic E-state index is 11.8. The summed E-state index contributed by atoms with van der Waals surface area (Å²) in [5.74, 6) is 0.111. The lowest BCUT2D eigenvalue weighted by Gasteiger charge is -2.35. The highest BCUT2D eigenvalue weighted by Gasteiger charge is 2.47. The van der Waals surface area contributed by atoms with Gasteiger partial charge in [-0.1, -0.05) is 0 Å². The van der Waals surface area contributed by atoms with Crippen LogP contribution in [0.4, 0.5) is 4.79 Å². The molecule has 2 amide bonds. The molecule has 0 radical (unpaired) electrons. The zero-order valence-corrected chi connectivity index (χ0v) is 8.82. The van der Waals surface area contributed by atoms with E-state index in [-0.39, 0.29) is 17.4 Å². The lowest BCUT2D eigenvalue weighted by Crippen LogP contribution is -2.45. The molecule has 84 valence electrons. The van der Waals surface area contributed by atoms with E-state index >= 15 is 0 Å². The van der Waals surface area contributed by atoms with Gasteiger partial charge in [0.1, 0.15) is 0 Å². The summed E-state index contributed by atoms with van der Waals surface area (Å²) in [6.07, 6.45) is 1.29. The number of carbonyl (C=O) groups is 2. The topological polar surface area (TPSA) is 69.6 Å². The third-order valence-corrected chi connectivity index (χ3v) is 3.55. The first-order valence-corrected chi connectivity index (χ1v) is 5.32. The fourth-order valence-electron chi connectivity index (χ4n) is 2.66. The van der Waals surface area contributed by atoms with Crippen LogP contribution in [0.25, 0.3) is 0 Å². The van der Waals surface area contributed by atoms with Crippen LogP contribution in [-0.4, -0.2) is 41.1 Å². The van der Waals surface area contributed by atoms with Crippen molar-refractivity contribution in [2.45, 2.75) is 32.2 Å². The predicted molar refractivity (Wildman–Crippen MR) is 53.5 cm³/mol. The average Bonchev–Trinajstić information content (AvgIpc) is 2.42. The summed E-state index contributed by atoms with van der Waals surface area (Å²) in [5, 5.41) is 11.7. The largest absolute Gasteiger partial charge is 0.465 e. The van der Waals surface area contributed by atoms with Gasteiger partial charge in [-0.15, -0.1) is 0 Å². The molecule has 2 aliphatic rings. The zero-order valence-electron chi connectivity index (χ0n) is 8.82. The fourth-order valence-corrected chi connectivity index (χ4v) is 2.66. The average molecular weight is 212 g/mol. The lowest BCUT2D eigenvalue weighted by molar-refractivity contribution is -0.129. The minimum absolute atomic E-state index is 0.111. The molecular weight excluding hydrogens is 196 g/mol. The molecule has 2 heterocycles. The molecule has 2 saturated heterocycles. The van der Waals surface area contributed by atoms with Crippen molar-refractivity contribution in [3.05, 3.63) is 0 Å². The van der Waals surface area contributed by atoms with E-state index in [1.807, 2.05) is 6.92 Å². The Kier molecular flexibility index (Phi) is 2.32. The number of piperidine rings is 1. The molecular formula is C10H16N2O3. The van der Waals surface area contributed by atoms with E-state index in [1.54, 1.807) is 0 Å². The molecule has 0 saturated carbocycles. The summed E-state index contributed by atoms with van der Waals surface area (Å²) in [6, 6.07) is 0.230. The molecule has 0 aromatic carbocycles. The van der Waals surface area contributed by atoms with Crippen LogP contribution >= 0.6 is 0 Å². The third kappa shape index (κ3) is 1.66. The molecule has 1 spiro atoms. The fraction of sp³-hybridized carbons (Fsp3) is 0.800. The van der Waals surface area contributed by atoms with Gasteiger partial charge in [-0.3, -0.25) is 4.79 Å². The number of rotatable bonds is 0. The number of nitrogens with zero attached hydrogens (tertiary/aromatic N) is 1. The van der Waals surface area contributed by atoms with Crippen LogP contribution in [0.15, 0.2) is 0 Å². The van der Waals surface area contributed by atoms with Crippen LogP contribution in [-0.2, 0) is 4.79 Å². The Morgan fingerprint density at radius 2 is 2.13 bits per heavy atom. The first-order valence-electron chi connectivity index (χ1n) is 5.32. The van der Waals surface area contributed by atoms with Crippen molar-refractivity contribution < 1.29 is 14.7 Å². The Morgan fingerprint density at radius 3 is 2.53 bits per heavy atom. The highest BCUT2D eigenvalue weighted by atomic mass is 16.4. The van der Waals surface area contributed by atoms with Crippen LogP contribution in [0.1, 0.15) is 26.2 Å². The zero-order chi connectivity index (χ0) is 11.1.